The number of carbonyl (C=O) groups is 1. The molecule has 1 aromatic rings. The fraction of sp³-hybridized carbons (Fsp3) is 0.300. The van der Waals surface area contributed by atoms with Gasteiger partial charge in [0.25, 0.3) is 0 Å². The van der Waals surface area contributed by atoms with Gasteiger partial charge in [-0.25, -0.2) is 8.78 Å². The summed E-state index contributed by atoms with van der Waals surface area (Å²) in [5.74, 6) is -1.13. The summed E-state index contributed by atoms with van der Waals surface area (Å²) in [5.41, 5.74) is 0.780. The SMILES string of the molecule is CN(C)c1cccc(C(=O)C(F)F)c1. The zero-order valence-electron chi connectivity index (χ0n) is 8.00. The summed E-state index contributed by atoms with van der Waals surface area (Å²) < 4.78 is 24.2. The molecule has 0 amide bonds. The fourth-order valence-corrected chi connectivity index (χ4v) is 1.06. The van der Waals surface area contributed by atoms with Gasteiger partial charge in [0.2, 0.25) is 5.78 Å². The molecule has 76 valence electrons. The smallest absolute Gasteiger partial charge is 0.300 e. The van der Waals surface area contributed by atoms with Gasteiger partial charge < -0.3 is 4.90 Å². The van der Waals surface area contributed by atoms with Crippen molar-refractivity contribution < 1.29 is 13.6 Å². The molecule has 0 saturated carbocycles. The summed E-state index contributed by atoms with van der Waals surface area (Å²) in [6.45, 7) is 0. The molecule has 0 atom stereocenters. The lowest BCUT2D eigenvalue weighted by atomic mass is 10.1. The lowest BCUT2D eigenvalue weighted by Crippen LogP contribution is -2.13. The van der Waals surface area contributed by atoms with Crippen LogP contribution in [0.3, 0.4) is 0 Å². The Balaban J connectivity index is 3.00. The lowest BCUT2D eigenvalue weighted by molar-refractivity contribution is 0.0679. The van der Waals surface area contributed by atoms with Gasteiger partial charge in [-0.15, -0.1) is 0 Å². The third kappa shape index (κ3) is 2.28. The van der Waals surface area contributed by atoms with Crippen molar-refractivity contribution in [2.24, 2.45) is 0 Å². The molecular formula is C10H11F2NO. The van der Waals surface area contributed by atoms with Crippen LogP contribution in [-0.2, 0) is 0 Å². The number of hydrogen-bond donors (Lipinski definition) is 0. The number of anilines is 1. The molecule has 4 heteroatoms. The molecule has 1 aromatic carbocycles. The number of rotatable bonds is 3. The van der Waals surface area contributed by atoms with Crippen molar-refractivity contribution >= 4 is 11.5 Å². The van der Waals surface area contributed by atoms with E-state index >= 15 is 0 Å². The first-order valence-electron chi connectivity index (χ1n) is 4.12. The second-order valence-electron chi connectivity index (χ2n) is 3.11. The first-order chi connectivity index (χ1) is 6.52. The predicted molar refractivity (Wildman–Crippen MR) is 51.1 cm³/mol. The summed E-state index contributed by atoms with van der Waals surface area (Å²) in [4.78, 5) is 12.7. The second-order valence-corrected chi connectivity index (χ2v) is 3.11. The van der Waals surface area contributed by atoms with E-state index in [1.54, 1.807) is 31.1 Å². The van der Waals surface area contributed by atoms with Gasteiger partial charge in [-0.3, -0.25) is 4.79 Å². The van der Waals surface area contributed by atoms with Crippen molar-refractivity contribution in [2.75, 3.05) is 19.0 Å². The molecule has 14 heavy (non-hydrogen) atoms. The Morgan fingerprint density at radius 3 is 2.50 bits per heavy atom. The van der Waals surface area contributed by atoms with Crippen LogP contribution in [-0.4, -0.2) is 26.3 Å². The molecule has 0 bridgehead atoms. The van der Waals surface area contributed by atoms with Crippen LogP contribution >= 0.6 is 0 Å². The number of carbonyl (C=O) groups excluding carboxylic acids is 1. The Morgan fingerprint density at radius 1 is 1.36 bits per heavy atom. The molecular weight excluding hydrogens is 188 g/mol. The quantitative estimate of drug-likeness (QED) is 0.695. The zero-order valence-corrected chi connectivity index (χ0v) is 8.00. The highest BCUT2D eigenvalue weighted by molar-refractivity contribution is 5.99. The average molecular weight is 199 g/mol. The van der Waals surface area contributed by atoms with E-state index in [2.05, 4.69) is 0 Å². The highest BCUT2D eigenvalue weighted by Gasteiger charge is 2.17. The van der Waals surface area contributed by atoms with E-state index in [4.69, 9.17) is 0 Å². The maximum Gasteiger partial charge on any atom is 0.300 e. The summed E-state index contributed by atoms with van der Waals surface area (Å²) in [6.07, 6.45) is -2.94. The fourth-order valence-electron chi connectivity index (χ4n) is 1.06. The minimum Gasteiger partial charge on any atom is -0.378 e. The van der Waals surface area contributed by atoms with Crippen LogP contribution < -0.4 is 4.90 Å². The van der Waals surface area contributed by atoms with E-state index in [0.717, 1.165) is 5.69 Å². The molecule has 0 heterocycles. The number of benzene rings is 1. The van der Waals surface area contributed by atoms with Crippen molar-refractivity contribution in [1.82, 2.24) is 0 Å². The third-order valence-corrected chi connectivity index (χ3v) is 1.85. The predicted octanol–water partition coefficient (Wildman–Crippen LogP) is 2.20. The van der Waals surface area contributed by atoms with Crippen molar-refractivity contribution in [2.45, 2.75) is 6.43 Å². The van der Waals surface area contributed by atoms with Crippen molar-refractivity contribution in [3.8, 4) is 0 Å². The molecule has 0 N–H and O–H groups in total. The molecule has 0 aliphatic rings. The van der Waals surface area contributed by atoms with E-state index in [0.29, 0.717) is 0 Å². The minimum absolute atomic E-state index is 0.0474. The van der Waals surface area contributed by atoms with E-state index in [9.17, 15) is 13.6 Å². The number of halogens is 2. The summed E-state index contributed by atoms with van der Waals surface area (Å²) in [5, 5.41) is 0. The van der Waals surface area contributed by atoms with Gasteiger partial charge in [0.1, 0.15) is 0 Å². The number of hydrogen-bond acceptors (Lipinski definition) is 2. The zero-order chi connectivity index (χ0) is 10.7. The molecule has 0 unspecified atom stereocenters. The summed E-state index contributed by atoms with van der Waals surface area (Å²) >= 11 is 0. The molecule has 0 radical (unpaired) electrons. The number of Topliss-reactive ketones (excluding diaryl/α,β-unsaturated/α-hetero) is 1. The normalized spacial score (nSPS) is 10.4. The average Bonchev–Trinajstić information content (AvgIpc) is 2.16. The van der Waals surface area contributed by atoms with Crippen LogP contribution in [0.2, 0.25) is 0 Å². The number of ketones is 1. The third-order valence-electron chi connectivity index (χ3n) is 1.85. The number of alkyl halides is 2. The molecule has 0 aliphatic carbocycles. The molecule has 0 aliphatic heterocycles. The van der Waals surface area contributed by atoms with E-state index in [1.807, 2.05) is 0 Å². The summed E-state index contributed by atoms with van der Waals surface area (Å²) in [7, 11) is 3.57. The van der Waals surface area contributed by atoms with Gasteiger partial charge in [-0.2, -0.15) is 0 Å². The maximum absolute atomic E-state index is 12.1. The van der Waals surface area contributed by atoms with Crippen LogP contribution in [0.15, 0.2) is 24.3 Å². The molecule has 0 aromatic heterocycles. The van der Waals surface area contributed by atoms with Crippen LogP contribution in [0.1, 0.15) is 10.4 Å². The van der Waals surface area contributed by atoms with Gasteiger partial charge in [-0.05, 0) is 12.1 Å². The van der Waals surface area contributed by atoms with E-state index in [-0.39, 0.29) is 5.56 Å². The first kappa shape index (κ1) is 10.6. The van der Waals surface area contributed by atoms with E-state index < -0.39 is 12.2 Å². The molecule has 1 rings (SSSR count). The standard InChI is InChI=1S/C10H11F2NO/c1-13(2)8-5-3-4-7(6-8)9(14)10(11)12/h3-6,10H,1-2H3. The topological polar surface area (TPSA) is 20.3 Å². The van der Waals surface area contributed by atoms with Gasteiger partial charge in [0, 0.05) is 25.3 Å². The first-order valence-corrected chi connectivity index (χ1v) is 4.12. The van der Waals surface area contributed by atoms with Gasteiger partial charge in [0.15, 0.2) is 0 Å². The van der Waals surface area contributed by atoms with Crippen LogP contribution in [0.25, 0.3) is 0 Å². The van der Waals surface area contributed by atoms with Crippen LogP contribution in [0.4, 0.5) is 14.5 Å². The highest BCUT2D eigenvalue weighted by atomic mass is 19.3. The van der Waals surface area contributed by atoms with Crippen molar-refractivity contribution in [1.29, 1.82) is 0 Å². The van der Waals surface area contributed by atoms with Crippen LogP contribution in [0.5, 0.6) is 0 Å². The lowest BCUT2D eigenvalue weighted by Gasteiger charge is -2.12. The van der Waals surface area contributed by atoms with Gasteiger partial charge in [0.05, 0.1) is 0 Å². The molecule has 0 spiro atoms. The minimum atomic E-state index is -2.94. The Labute approximate surface area is 81.1 Å². The molecule has 0 fully saturated rings. The van der Waals surface area contributed by atoms with E-state index in [1.165, 1.54) is 12.1 Å². The van der Waals surface area contributed by atoms with Crippen LogP contribution in [0, 0.1) is 0 Å². The van der Waals surface area contributed by atoms with Gasteiger partial charge >= 0.3 is 6.43 Å². The Hall–Kier alpha value is -1.45. The molecule has 0 saturated heterocycles. The monoisotopic (exact) mass is 199 g/mol. The number of nitrogens with zero attached hydrogens (tertiary/aromatic N) is 1. The maximum atomic E-state index is 12.1. The summed E-state index contributed by atoms with van der Waals surface area (Å²) in [6, 6.07) is 6.18. The second kappa shape index (κ2) is 4.17. The van der Waals surface area contributed by atoms with Crippen molar-refractivity contribution in [3.63, 3.8) is 0 Å². The highest BCUT2D eigenvalue weighted by Crippen LogP contribution is 2.15. The Bertz CT molecular complexity index is 337. The molecule has 2 nitrogen and oxygen atoms in total. The Morgan fingerprint density at radius 2 is 2.00 bits per heavy atom. The Kier molecular flexibility index (Phi) is 3.17. The largest absolute Gasteiger partial charge is 0.378 e. The van der Waals surface area contributed by atoms with Gasteiger partial charge in [-0.1, -0.05) is 12.1 Å². The van der Waals surface area contributed by atoms with Crippen molar-refractivity contribution in [3.05, 3.63) is 29.8 Å².